The molecule has 3 N–H and O–H groups in total. The average Bonchev–Trinajstić information content (AvgIpc) is 2.82. The van der Waals surface area contributed by atoms with E-state index in [-0.39, 0.29) is 22.9 Å². The smallest absolute Gasteiger partial charge is 0.241 e. The summed E-state index contributed by atoms with van der Waals surface area (Å²) in [5.41, 5.74) is 6.08. The summed E-state index contributed by atoms with van der Waals surface area (Å²) in [7, 11) is -2.69. The Morgan fingerprint density at radius 1 is 1.43 bits per heavy atom. The number of anilines is 1. The number of nitrogens with two attached hydrogens (primary N) is 1. The van der Waals surface area contributed by atoms with Gasteiger partial charge < -0.3 is 15.0 Å². The van der Waals surface area contributed by atoms with Gasteiger partial charge >= 0.3 is 0 Å². The summed E-state index contributed by atoms with van der Waals surface area (Å²) in [6.07, 6.45) is 0. The van der Waals surface area contributed by atoms with Crippen LogP contribution in [-0.2, 0) is 16.6 Å². The van der Waals surface area contributed by atoms with Gasteiger partial charge in [-0.1, -0.05) is 5.16 Å². The van der Waals surface area contributed by atoms with Gasteiger partial charge in [-0.3, -0.25) is 0 Å². The van der Waals surface area contributed by atoms with Crippen LogP contribution in [0.3, 0.4) is 0 Å². The molecule has 0 bridgehead atoms. The summed E-state index contributed by atoms with van der Waals surface area (Å²) < 4.78 is 49.7. The van der Waals surface area contributed by atoms with Gasteiger partial charge in [0.25, 0.3) is 0 Å². The van der Waals surface area contributed by atoms with Crippen LogP contribution < -0.4 is 15.2 Å². The van der Waals surface area contributed by atoms with Gasteiger partial charge in [-0.05, 0) is 19.1 Å². The minimum atomic E-state index is -3.93. The molecule has 0 fully saturated rings. The Balaban J connectivity index is 2.23. The number of benzene rings is 1. The number of hydrogen-bond acceptors (Lipinski definition) is 6. The number of nitrogen functional groups attached to an aromatic ring is 1. The molecule has 0 saturated carbocycles. The van der Waals surface area contributed by atoms with E-state index in [0.717, 1.165) is 12.1 Å². The second-order valence-electron chi connectivity index (χ2n) is 4.29. The van der Waals surface area contributed by atoms with Crippen molar-refractivity contribution < 1.29 is 22.1 Å². The van der Waals surface area contributed by atoms with E-state index in [2.05, 4.69) is 9.88 Å². The summed E-state index contributed by atoms with van der Waals surface area (Å²) in [5.74, 6) is -0.703. The van der Waals surface area contributed by atoms with E-state index in [1.807, 2.05) is 0 Å². The molecule has 21 heavy (non-hydrogen) atoms. The van der Waals surface area contributed by atoms with Crippen molar-refractivity contribution in [1.29, 1.82) is 0 Å². The average molecular weight is 315 g/mol. The van der Waals surface area contributed by atoms with Crippen LogP contribution in [0, 0.1) is 12.7 Å². The Hall–Kier alpha value is -2.13. The summed E-state index contributed by atoms with van der Waals surface area (Å²) in [6.45, 7) is 1.61. The molecule has 0 aliphatic heterocycles. The molecule has 0 unspecified atom stereocenters. The largest absolute Gasteiger partial charge is 0.492 e. The van der Waals surface area contributed by atoms with Gasteiger partial charge in [0.05, 0.1) is 29.9 Å². The standard InChI is InChI=1S/C12H14FN3O4S/c1-7-3-8(20-16-7)6-15-21(17,18)9-4-10(13)12(19-2)11(14)5-9/h3-5,15H,6,14H2,1-2H3. The maximum Gasteiger partial charge on any atom is 0.241 e. The molecule has 1 aromatic carbocycles. The molecule has 0 aliphatic carbocycles. The van der Waals surface area contributed by atoms with Crippen LogP contribution in [0.15, 0.2) is 27.6 Å². The van der Waals surface area contributed by atoms with Crippen LogP contribution in [0.5, 0.6) is 5.75 Å². The van der Waals surface area contributed by atoms with Crippen molar-refractivity contribution in [3.05, 3.63) is 35.5 Å². The molecule has 0 atom stereocenters. The second kappa shape index (κ2) is 5.70. The van der Waals surface area contributed by atoms with Crippen molar-refractivity contribution in [2.75, 3.05) is 12.8 Å². The molecule has 0 amide bonds. The fourth-order valence-corrected chi connectivity index (χ4v) is 2.75. The first-order chi connectivity index (χ1) is 9.83. The molecule has 114 valence electrons. The van der Waals surface area contributed by atoms with Gasteiger partial charge in [0.2, 0.25) is 10.0 Å². The Labute approximate surface area is 120 Å². The minimum Gasteiger partial charge on any atom is -0.492 e. The van der Waals surface area contributed by atoms with Crippen molar-refractivity contribution in [3.8, 4) is 5.75 Å². The number of nitrogens with one attached hydrogen (secondary N) is 1. The molecule has 0 spiro atoms. The first kappa shape index (κ1) is 15.3. The van der Waals surface area contributed by atoms with E-state index >= 15 is 0 Å². The van der Waals surface area contributed by atoms with Crippen molar-refractivity contribution >= 4 is 15.7 Å². The maximum absolute atomic E-state index is 13.7. The lowest BCUT2D eigenvalue weighted by Crippen LogP contribution is -2.23. The zero-order chi connectivity index (χ0) is 15.6. The lowest BCUT2D eigenvalue weighted by Gasteiger charge is -2.10. The molecule has 7 nitrogen and oxygen atoms in total. The molecule has 9 heteroatoms. The summed E-state index contributed by atoms with van der Waals surface area (Å²) >= 11 is 0. The third-order valence-electron chi connectivity index (χ3n) is 2.67. The third-order valence-corrected chi connectivity index (χ3v) is 4.05. The quantitative estimate of drug-likeness (QED) is 0.803. The highest BCUT2D eigenvalue weighted by molar-refractivity contribution is 7.89. The highest BCUT2D eigenvalue weighted by Gasteiger charge is 2.19. The van der Waals surface area contributed by atoms with E-state index in [0.29, 0.717) is 11.5 Å². The molecular weight excluding hydrogens is 301 g/mol. The van der Waals surface area contributed by atoms with Crippen LogP contribution >= 0.6 is 0 Å². The predicted octanol–water partition coefficient (Wildman–Crippen LogP) is 1.19. The van der Waals surface area contributed by atoms with Crippen LogP contribution in [0.1, 0.15) is 11.5 Å². The SMILES string of the molecule is COc1c(N)cc(S(=O)(=O)NCc2cc(C)no2)cc1F. The zero-order valence-corrected chi connectivity index (χ0v) is 12.2. The number of aromatic nitrogens is 1. The van der Waals surface area contributed by atoms with Crippen molar-refractivity contribution in [1.82, 2.24) is 9.88 Å². The first-order valence-electron chi connectivity index (χ1n) is 5.88. The van der Waals surface area contributed by atoms with E-state index in [1.54, 1.807) is 13.0 Å². The monoisotopic (exact) mass is 315 g/mol. The number of halogens is 1. The molecule has 0 radical (unpaired) electrons. The van der Waals surface area contributed by atoms with Crippen molar-refractivity contribution in [3.63, 3.8) is 0 Å². The Morgan fingerprint density at radius 2 is 2.14 bits per heavy atom. The van der Waals surface area contributed by atoms with Gasteiger partial charge in [-0.2, -0.15) is 0 Å². The van der Waals surface area contributed by atoms with Crippen molar-refractivity contribution in [2.45, 2.75) is 18.4 Å². The number of hydrogen-bond donors (Lipinski definition) is 2. The number of rotatable bonds is 5. The highest BCUT2D eigenvalue weighted by atomic mass is 32.2. The summed E-state index contributed by atoms with van der Waals surface area (Å²) in [5, 5.41) is 3.63. The van der Waals surface area contributed by atoms with E-state index in [1.165, 1.54) is 7.11 Å². The molecule has 0 aliphatic rings. The van der Waals surface area contributed by atoms with Crippen LogP contribution in [0.4, 0.5) is 10.1 Å². The topological polar surface area (TPSA) is 107 Å². The number of aryl methyl sites for hydroxylation is 1. The van der Waals surface area contributed by atoms with Crippen LogP contribution in [0.2, 0.25) is 0 Å². The number of sulfonamides is 1. The Kier molecular flexibility index (Phi) is 4.14. The molecule has 0 saturated heterocycles. The molecule has 2 aromatic rings. The summed E-state index contributed by atoms with van der Waals surface area (Å²) in [6, 6.07) is 3.55. The van der Waals surface area contributed by atoms with E-state index < -0.39 is 15.8 Å². The molecule has 1 aromatic heterocycles. The molecular formula is C12H14FN3O4S. The fraction of sp³-hybridized carbons (Fsp3) is 0.250. The number of nitrogens with zero attached hydrogens (tertiary/aromatic N) is 1. The van der Waals surface area contributed by atoms with Gasteiger partial charge in [-0.15, -0.1) is 0 Å². The van der Waals surface area contributed by atoms with Gasteiger partial charge in [0, 0.05) is 6.07 Å². The fourth-order valence-electron chi connectivity index (χ4n) is 1.71. The number of ether oxygens (including phenoxy) is 1. The van der Waals surface area contributed by atoms with Crippen molar-refractivity contribution in [2.24, 2.45) is 0 Å². The second-order valence-corrected chi connectivity index (χ2v) is 6.05. The van der Waals surface area contributed by atoms with E-state index in [4.69, 9.17) is 15.0 Å². The van der Waals surface area contributed by atoms with Gasteiger partial charge in [0.15, 0.2) is 17.3 Å². The number of methoxy groups -OCH3 is 1. The maximum atomic E-state index is 13.7. The normalized spacial score (nSPS) is 11.6. The summed E-state index contributed by atoms with van der Waals surface area (Å²) in [4.78, 5) is -0.297. The molecule has 2 rings (SSSR count). The van der Waals surface area contributed by atoms with Crippen LogP contribution in [-0.4, -0.2) is 20.7 Å². The third kappa shape index (κ3) is 3.31. The van der Waals surface area contributed by atoms with E-state index in [9.17, 15) is 12.8 Å². The minimum absolute atomic E-state index is 0.100. The Morgan fingerprint density at radius 3 is 2.67 bits per heavy atom. The zero-order valence-electron chi connectivity index (χ0n) is 11.4. The van der Waals surface area contributed by atoms with Gasteiger partial charge in [0.1, 0.15) is 0 Å². The van der Waals surface area contributed by atoms with Crippen LogP contribution in [0.25, 0.3) is 0 Å². The lowest BCUT2D eigenvalue weighted by atomic mass is 10.3. The first-order valence-corrected chi connectivity index (χ1v) is 7.36. The lowest BCUT2D eigenvalue weighted by molar-refractivity contribution is 0.377. The predicted molar refractivity (Wildman–Crippen MR) is 72.6 cm³/mol. The molecule has 1 heterocycles. The Bertz CT molecular complexity index is 735. The van der Waals surface area contributed by atoms with Gasteiger partial charge in [-0.25, -0.2) is 17.5 Å². The highest BCUT2D eigenvalue weighted by Crippen LogP contribution is 2.28.